The van der Waals surface area contributed by atoms with E-state index in [1.807, 2.05) is 18.3 Å². The zero-order valence-corrected chi connectivity index (χ0v) is 9.53. The predicted molar refractivity (Wildman–Crippen MR) is 58.6 cm³/mol. The van der Waals surface area contributed by atoms with Crippen LogP contribution in [0.15, 0.2) is 35.2 Å². The fourth-order valence-corrected chi connectivity index (χ4v) is 1.50. The molecular formula is C9H7BrClN3. The molecule has 0 amide bonds. The normalized spacial score (nSPS) is 10.4. The van der Waals surface area contributed by atoms with Crippen LogP contribution in [-0.4, -0.2) is 14.8 Å². The van der Waals surface area contributed by atoms with Gasteiger partial charge in [-0.3, -0.25) is 0 Å². The molecule has 0 saturated heterocycles. The van der Waals surface area contributed by atoms with E-state index in [1.165, 1.54) is 0 Å². The molecule has 0 radical (unpaired) electrons. The summed E-state index contributed by atoms with van der Waals surface area (Å²) in [6.45, 7) is 0. The molecule has 0 saturated carbocycles. The number of hydrogen-bond acceptors (Lipinski definition) is 2. The fourth-order valence-electron chi connectivity index (χ4n) is 1.06. The standard InChI is InChI=1S/C9H7BrClN3/c10-8-5-13-14(6-8)9-2-1-7(3-11)4-12-9/h1-2,4-6H,3H2. The van der Waals surface area contributed by atoms with Crippen LogP contribution in [0.25, 0.3) is 5.82 Å². The van der Waals surface area contributed by atoms with E-state index in [2.05, 4.69) is 26.0 Å². The van der Waals surface area contributed by atoms with Crippen molar-refractivity contribution >= 4 is 27.5 Å². The number of halogens is 2. The maximum absolute atomic E-state index is 5.66. The van der Waals surface area contributed by atoms with Crippen molar-refractivity contribution in [2.45, 2.75) is 5.88 Å². The molecule has 0 bridgehead atoms. The largest absolute Gasteiger partial charge is 0.237 e. The van der Waals surface area contributed by atoms with Gasteiger partial charge in [-0.05, 0) is 27.6 Å². The monoisotopic (exact) mass is 271 g/mol. The summed E-state index contributed by atoms with van der Waals surface area (Å²) in [5.74, 6) is 1.26. The first-order valence-electron chi connectivity index (χ1n) is 4.01. The van der Waals surface area contributed by atoms with Gasteiger partial charge in [-0.25, -0.2) is 9.67 Å². The van der Waals surface area contributed by atoms with Gasteiger partial charge in [0.15, 0.2) is 5.82 Å². The van der Waals surface area contributed by atoms with Crippen LogP contribution in [0.4, 0.5) is 0 Å². The summed E-state index contributed by atoms with van der Waals surface area (Å²) >= 11 is 8.98. The van der Waals surface area contributed by atoms with Gasteiger partial charge in [0.1, 0.15) is 0 Å². The third-order valence-corrected chi connectivity index (χ3v) is 2.47. The SMILES string of the molecule is ClCc1ccc(-n2cc(Br)cn2)nc1. The molecule has 0 spiro atoms. The van der Waals surface area contributed by atoms with Crippen molar-refractivity contribution in [3.05, 3.63) is 40.8 Å². The Morgan fingerprint density at radius 3 is 2.71 bits per heavy atom. The summed E-state index contributed by atoms with van der Waals surface area (Å²) in [7, 11) is 0. The van der Waals surface area contributed by atoms with Gasteiger partial charge in [0.25, 0.3) is 0 Å². The first-order valence-corrected chi connectivity index (χ1v) is 5.34. The van der Waals surface area contributed by atoms with Gasteiger partial charge >= 0.3 is 0 Å². The number of pyridine rings is 1. The van der Waals surface area contributed by atoms with Crippen molar-refractivity contribution < 1.29 is 0 Å². The zero-order valence-electron chi connectivity index (χ0n) is 7.19. The molecule has 0 aliphatic rings. The summed E-state index contributed by atoms with van der Waals surface area (Å²) in [4.78, 5) is 4.23. The molecule has 72 valence electrons. The van der Waals surface area contributed by atoms with Crippen molar-refractivity contribution in [1.82, 2.24) is 14.8 Å². The van der Waals surface area contributed by atoms with E-state index < -0.39 is 0 Å². The van der Waals surface area contributed by atoms with Gasteiger partial charge < -0.3 is 0 Å². The Balaban J connectivity index is 2.33. The van der Waals surface area contributed by atoms with E-state index in [9.17, 15) is 0 Å². The van der Waals surface area contributed by atoms with E-state index >= 15 is 0 Å². The molecule has 0 unspecified atom stereocenters. The lowest BCUT2D eigenvalue weighted by Gasteiger charge is -2.00. The first kappa shape index (κ1) is 9.68. The van der Waals surface area contributed by atoms with Crippen LogP contribution in [0.3, 0.4) is 0 Å². The zero-order chi connectivity index (χ0) is 9.97. The maximum Gasteiger partial charge on any atom is 0.153 e. The highest BCUT2D eigenvalue weighted by Crippen LogP contribution is 2.11. The number of hydrogen-bond donors (Lipinski definition) is 0. The second-order valence-corrected chi connectivity index (χ2v) is 3.94. The van der Waals surface area contributed by atoms with E-state index in [0.717, 1.165) is 15.9 Å². The molecule has 0 fully saturated rings. The van der Waals surface area contributed by atoms with Crippen LogP contribution in [0.5, 0.6) is 0 Å². The molecule has 0 aliphatic carbocycles. The van der Waals surface area contributed by atoms with Crippen LogP contribution < -0.4 is 0 Å². The van der Waals surface area contributed by atoms with Crippen LogP contribution in [-0.2, 0) is 5.88 Å². The average molecular weight is 273 g/mol. The molecule has 3 nitrogen and oxygen atoms in total. The summed E-state index contributed by atoms with van der Waals surface area (Å²) in [6.07, 6.45) is 5.32. The van der Waals surface area contributed by atoms with Crippen molar-refractivity contribution in [2.75, 3.05) is 0 Å². The summed E-state index contributed by atoms with van der Waals surface area (Å²) < 4.78 is 2.63. The summed E-state index contributed by atoms with van der Waals surface area (Å²) in [5.41, 5.74) is 1.00. The highest BCUT2D eigenvalue weighted by Gasteiger charge is 1.99. The van der Waals surface area contributed by atoms with E-state index in [4.69, 9.17) is 11.6 Å². The second kappa shape index (κ2) is 4.11. The van der Waals surface area contributed by atoms with Crippen molar-refractivity contribution in [3.63, 3.8) is 0 Å². The third kappa shape index (κ3) is 1.96. The van der Waals surface area contributed by atoms with E-state index in [1.54, 1.807) is 17.1 Å². The Kier molecular flexibility index (Phi) is 2.84. The van der Waals surface area contributed by atoms with E-state index in [-0.39, 0.29) is 0 Å². The quantitative estimate of drug-likeness (QED) is 0.787. The molecule has 0 aromatic carbocycles. The van der Waals surface area contributed by atoms with Crippen LogP contribution in [0, 0.1) is 0 Å². The van der Waals surface area contributed by atoms with Crippen molar-refractivity contribution in [2.24, 2.45) is 0 Å². The van der Waals surface area contributed by atoms with E-state index in [0.29, 0.717) is 5.88 Å². The highest BCUT2D eigenvalue weighted by atomic mass is 79.9. The molecule has 2 heterocycles. The van der Waals surface area contributed by atoms with Crippen molar-refractivity contribution in [1.29, 1.82) is 0 Å². The first-order chi connectivity index (χ1) is 6.79. The smallest absolute Gasteiger partial charge is 0.153 e. The Morgan fingerprint density at radius 2 is 2.21 bits per heavy atom. The fraction of sp³-hybridized carbons (Fsp3) is 0.111. The van der Waals surface area contributed by atoms with Gasteiger partial charge in [-0.15, -0.1) is 11.6 Å². The molecule has 5 heteroatoms. The minimum absolute atomic E-state index is 0.482. The second-order valence-electron chi connectivity index (χ2n) is 2.76. The number of alkyl halides is 1. The number of rotatable bonds is 2. The Morgan fingerprint density at radius 1 is 1.36 bits per heavy atom. The Hall–Kier alpha value is -0.870. The number of nitrogens with zero attached hydrogens (tertiary/aromatic N) is 3. The minimum Gasteiger partial charge on any atom is -0.237 e. The summed E-state index contributed by atoms with van der Waals surface area (Å²) in [5, 5.41) is 4.12. The van der Waals surface area contributed by atoms with Crippen LogP contribution >= 0.6 is 27.5 Å². The molecule has 0 atom stereocenters. The molecule has 0 N–H and O–H groups in total. The minimum atomic E-state index is 0.482. The lowest BCUT2D eigenvalue weighted by Crippen LogP contribution is -1.97. The van der Waals surface area contributed by atoms with Gasteiger partial charge in [-0.1, -0.05) is 6.07 Å². The van der Waals surface area contributed by atoms with Gasteiger partial charge in [0, 0.05) is 18.3 Å². The molecular weight excluding hydrogens is 265 g/mol. The van der Waals surface area contributed by atoms with Crippen LogP contribution in [0.1, 0.15) is 5.56 Å². The average Bonchev–Trinajstić information content (AvgIpc) is 2.65. The Labute approximate surface area is 94.9 Å². The van der Waals surface area contributed by atoms with Crippen molar-refractivity contribution in [3.8, 4) is 5.82 Å². The lowest BCUT2D eigenvalue weighted by atomic mass is 10.3. The third-order valence-electron chi connectivity index (χ3n) is 1.75. The molecule has 14 heavy (non-hydrogen) atoms. The molecule has 2 aromatic heterocycles. The lowest BCUT2D eigenvalue weighted by molar-refractivity contribution is 0.845. The maximum atomic E-state index is 5.66. The van der Waals surface area contributed by atoms with Gasteiger partial charge in [0.05, 0.1) is 10.7 Å². The summed E-state index contributed by atoms with van der Waals surface area (Å²) in [6, 6.07) is 3.82. The molecule has 0 aliphatic heterocycles. The topological polar surface area (TPSA) is 30.7 Å². The molecule has 2 aromatic rings. The van der Waals surface area contributed by atoms with Gasteiger partial charge in [0.2, 0.25) is 0 Å². The van der Waals surface area contributed by atoms with Crippen LogP contribution in [0.2, 0.25) is 0 Å². The Bertz CT molecular complexity index is 424. The highest BCUT2D eigenvalue weighted by molar-refractivity contribution is 9.10. The predicted octanol–water partition coefficient (Wildman–Crippen LogP) is 2.77. The number of aromatic nitrogens is 3. The molecule has 2 rings (SSSR count). The van der Waals surface area contributed by atoms with Gasteiger partial charge in [-0.2, -0.15) is 5.10 Å².